The lowest BCUT2D eigenvalue weighted by molar-refractivity contribution is -0.120. The molecule has 2 aromatic rings. The smallest absolute Gasteiger partial charge is 0.298 e. The number of rotatable bonds is 2. The van der Waals surface area contributed by atoms with Crippen LogP contribution in [0.2, 0.25) is 0 Å². The Morgan fingerprint density at radius 3 is 3.08 bits per heavy atom. The lowest BCUT2D eigenvalue weighted by atomic mass is 10.2. The molecule has 0 saturated carbocycles. The van der Waals surface area contributed by atoms with Crippen LogP contribution >= 0.6 is 0 Å². The van der Waals surface area contributed by atoms with Crippen molar-refractivity contribution in [1.82, 2.24) is 0 Å². The molecule has 2 rings (SSSR count). The van der Waals surface area contributed by atoms with E-state index in [0.717, 1.165) is 16.5 Å². The summed E-state index contributed by atoms with van der Waals surface area (Å²) < 4.78 is 10.1. The van der Waals surface area contributed by atoms with Gasteiger partial charge in [-0.05, 0) is 24.6 Å². The maximum absolute atomic E-state index is 10.2. The summed E-state index contributed by atoms with van der Waals surface area (Å²) in [6, 6.07) is 5.35. The van der Waals surface area contributed by atoms with Crippen molar-refractivity contribution < 1.29 is 13.9 Å². The van der Waals surface area contributed by atoms with Crippen molar-refractivity contribution in [3.05, 3.63) is 30.0 Å². The van der Waals surface area contributed by atoms with E-state index in [4.69, 9.17) is 9.15 Å². The van der Waals surface area contributed by atoms with E-state index in [-0.39, 0.29) is 0 Å². The average Bonchev–Trinajstić information content (AvgIpc) is 2.50. The number of carbonyl (C=O) groups excluding carboxylic acids is 1. The third kappa shape index (κ3) is 1.18. The molecule has 0 N–H and O–H groups in total. The van der Waals surface area contributed by atoms with E-state index in [0.29, 0.717) is 12.2 Å². The molecule has 0 aliphatic rings. The van der Waals surface area contributed by atoms with Gasteiger partial charge in [-0.3, -0.25) is 4.79 Å². The third-order valence-electron chi connectivity index (χ3n) is 1.92. The van der Waals surface area contributed by atoms with Crippen molar-refractivity contribution in [2.45, 2.75) is 6.92 Å². The largest absolute Gasteiger partial charge is 0.464 e. The number of hydrogen-bond donors (Lipinski definition) is 0. The third-order valence-corrected chi connectivity index (χ3v) is 1.92. The van der Waals surface area contributed by atoms with Crippen molar-refractivity contribution in [2.24, 2.45) is 0 Å². The Labute approximate surface area is 74.9 Å². The quantitative estimate of drug-likeness (QED) is 0.659. The van der Waals surface area contributed by atoms with E-state index in [2.05, 4.69) is 0 Å². The first kappa shape index (κ1) is 7.86. The summed E-state index contributed by atoms with van der Waals surface area (Å²) in [6.07, 6.45) is 1.64. The van der Waals surface area contributed by atoms with Gasteiger partial charge in [0.15, 0.2) is 0 Å². The van der Waals surface area contributed by atoms with Crippen molar-refractivity contribution in [3.8, 4) is 5.75 Å². The average molecular weight is 176 g/mol. The van der Waals surface area contributed by atoms with Gasteiger partial charge in [-0.25, -0.2) is 0 Å². The zero-order valence-electron chi connectivity index (χ0n) is 7.11. The van der Waals surface area contributed by atoms with Crippen LogP contribution < -0.4 is 4.74 Å². The molecule has 1 heterocycles. The predicted molar refractivity (Wildman–Crippen MR) is 47.6 cm³/mol. The Balaban J connectivity index is 2.72. The molecule has 0 bridgehead atoms. The van der Waals surface area contributed by atoms with E-state index in [1.165, 1.54) is 0 Å². The molecule has 1 aromatic carbocycles. The Morgan fingerprint density at radius 2 is 2.31 bits per heavy atom. The van der Waals surface area contributed by atoms with Crippen LogP contribution in [0.4, 0.5) is 0 Å². The van der Waals surface area contributed by atoms with Crippen LogP contribution in [0.25, 0.3) is 11.0 Å². The molecule has 0 amide bonds. The fourth-order valence-electron chi connectivity index (χ4n) is 1.36. The molecule has 0 atom stereocenters. The van der Waals surface area contributed by atoms with Crippen LogP contribution in [-0.4, -0.2) is 6.47 Å². The van der Waals surface area contributed by atoms with E-state index in [9.17, 15) is 4.79 Å². The zero-order valence-corrected chi connectivity index (χ0v) is 7.11. The van der Waals surface area contributed by atoms with Gasteiger partial charge in [0.2, 0.25) is 0 Å². The Kier molecular flexibility index (Phi) is 1.77. The summed E-state index contributed by atoms with van der Waals surface area (Å²) in [6.45, 7) is 2.32. The second kappa shape index (κ2) is 2.94. The van der Waals surface area contributed by atoms with E-state index < -0.39 is 0 Å². The second-order valence-electron chi connectivity index (χ2n) is 2.76. The van der Waals surface area contributed by atoms with E-state index >= 15 is 0 Å². The van der Waals surface area contributed by atoms with Gasteiger partial charge in [-0.2, -0.15) is 0 Å². The fourth-order valence-corrected chi connectivity index (χ4v) is 1.36. The first-order valence-corrected chi connectivity index (χ1v) is 3.90. The Hall–Kier alpha value is -1.77. The summed E-state index contributed by atoms with van der Waals surface area (Å²) in [4.78, 5) is 10.2. The second-order valence-corrected chi connectivity index (χ2v) is 2.76. The number of aryl methyl sites for hydroxylation is 1. The Morgan fingerprint density at radius 1 is 1.46 bits per heavy atom. The minimum Gasteiger partial charge on any atom is -0.464 e. The topological polar surface area (TPSA) is 39.4 Å². The number of fused-ring (bicyclic) bond motifs is 1. The summed E-state index contributed by atoms with van der Waals surface area (Å²) in [5.41, 5.74) is 1.70. The molecule has 3 heteroatoms. The van der Waals surface area contributed by atoms with Gasteiger partial charge < -0.3 is 9.15 Å². The molecule has 0 fully saturated rings. The lowest BCUT2D eigenvalue weighted by Gasteiger charge is -1.98. The number of ether oxygens (including phenoxy) is 1. The lowest BCUT2D eigenvalue weighted by Crippen LogP contribution is -1.88. The van der Waals surface area contributed by atoms with E-state index in [1.54, 1.807) is 18.4 Å². The highest BCUT2D eigenvalue weighted by molar-refractivity contribution is 5.88. The van der Waals surface area contributed by atoms with Crippen LogP contribution in [0.15, 0.2) is 28.9 Å². The highest BCUT2D eigenvalue weighted by Crippen LogP contribution is 2.29. The molecule has 0 radical (unpaired) electrons. The van der Waals surface area contributed by atoms with Gasteiger partial charge in [-0.15, -0.1) is 0 Å². The molecule has 66 valence electrons. The molecule has 0 unspecified atom stereocenters. The standard InChI is InChI=1S/C10H8O3/c1-7-5-12-8-3-2-4-9(10(7)8)13-6-11/h2-6H,1H3. The number of carbonyl (C=O) groups is 1. The van der Waals surface area contributed by atoms with Gasteiger partial charge in [0.05, 0.1) is 11.6 Å². The SMILES string of the molecule is Cc1coc2cccc(OC=O)c12. The fraction of sp³-hybridized carbons (Fsp3) is 0.100. The maximum Gasteiger partial charge on any atom is 0.298 e. The molecule has 3 nitrogen and oxygen atoms in total. The first-order chi connectivity index (χ1) is 6.33. The Bertz CT molecular complexity index is 442. The molecule has 0 saturated heterocycles. The van der Waals surface area contributed by atoms with Crippen molar-refractivity contribution in [2.75, 3.05) is 0 Å². The molecule has 1 aromatic heterocycles. The summed E-state index contributed by atoms with van der Waals surface area (Å²) in [7, 11) is 0. The summed E-state index contributed by atoms with van der Waals surface area (Å²) >= 11 is 0. The minimum atomic E-state index is 0.418. The molecular formula is C10H8O3. The zero-order chi connectivity index (χ0) is 9.26. The van der Waals surface area contributed by atoms with Crippen molar-refractivity contribution in [1.29, 1.82) is 0 Å². The molecule has 0 aliphatic carbocycles. The number of benzene rings is 1. The van der Waals surface area contributed by atoms with Crippen LogP contribution in [0.1, 0.15) is 5.56 Å². The van der Waals surface area contributed by atoms with Gasteiger partial charge in [0.1, 0.15) is 11.3 Å². The molecule has 0 aliphatic heterocycles. The summed E-state index contributed by atoms with van der Waals surface area (Å²) in [5, 5.41) is 0.856. The van der Waals surface area contributed by atoms with Crippen molar-refractivity contribution in [3.63, 3.8) is 0 Å². The highest BCUT2D eigenvalue weighted by Gasteiger charge is 2.07. The molecule has 0 spiro atoms. The van der Waals surface area contributed by atoms with Gasteiger partial charge in [0.25, 0.3) is 6.47 Å². The summed E-state index contributed by atoms with van der Waals surface area (Å²) in [5.74, 6) is 0.541. The van der Waals surface area contributed by atoms with Gasteiger partial charge in [-0.1, -0.05) is 6.07 Å². The first-order valence-electron chi connectivity index (χ1n) is 3.90. The molecule has 13 heavy (non-hydrogen) atoms. The van der Waals surface area contributed by atoms with Gasteiger partial charge >= 0.3 is 0 Å². The highest BCUT2D eigenvalue weighted by atomic mass is 16.5. The van der Waals surface area contributed by atoms with Crippen LogP contribution in [-0.2, 0) is 4.79 Å². The molecular weight excluding hydrogens is 168 g/mol. The monoisotopic (exact) mass is 176 g/mol. The normalized spacial score (nSPS) is 10.2. The number of furan rings is 1. The predicted octanol–water partition coefficient (Wildman–Crippen LogP) is 2.28. The maximum atomic E-state index is 10.2. The van der Waals surface area contributed by atoms with Gasteiger partial charge in [0, 0.05) is 0 Å². The number of hydrogen-bond acceptors (Lipinski definition) is 3. The minimum absolute atomic E-state index is 0.418. The van der Waals surface area contributed by atoms with Crippen LogP contribution in [0.3, 0.4) is 0 Å². The van der Waals surface area contributed by atoms with Crippen LogP contribution in [0.5, 0.6) is 5.75 Å². The van der Waals surface area contributed by atoms with Crippen LogP contribution in [0, 0.1) is 6.92 Å². The van der Waals surface area contributed by atoms with E-state index in [1.807, 2.05) is 13.0 Å². The van der Waals surface area contributed by atoms with Crippen molar-refractivity contribution >= 4 is 17.4 Å².